The summed E-state index contributed by atoms with van der Waals surface area (Å²) in [7, 11) is -3.24. The van der Waals surface area contributed by atoms with Gasteiger partial charge in [-0.15, -0.1) is 23.1 Å². The number of carbonyl (C=O) groups is 1. The Labute approximate surface area is 157 Å². The van der Waals surface area contributed by atoms with Gasteiger partial charge in [0.15, 0.2) is 0 Å². The zero-order chi connectivity index (χ0) is 18.0. The van der Waals surface area contributed by atoms with Crippen molar-refractivity contribution in [1.82, 2.24) is 14.2 Å². The lowest BCUT2D eigenvalue weighted by atomic mass is 9.98. The average Bonchev–Trinajstić information content (AvgIpc) is 3.23. The van der Waals surface area contributed by atoms with Gasteiger partial charge in [-0.3, -0.25) is 4.79 Å². The molecule has 0 aromatic carbocycles. The largest absolute Gasteiger partial charge is 0.306 e. The monoisotopic (exact) mass is 401 g/mol. The van der Waals surface area contributed by atoms with Gasteiger partial charge in [0.1, 0.15) is 0 Å². The van der Waals surface area contributed by atoms with Crippen LogP contribution in [0.25, 0.3) is 6.08 Å². The molecule has 9 heteroatoms. The summed E-state index contributed by atoms with van der Waals surface area (Å²) in [5, 5.41) is 3.91. The Morgan fingerprint density at radius 3 is 2.92 bits per heavy atom. The summed E-state index contributed by atoms with van der Waals surface area (Å²) >= 11 is 3.25. The van der Waals surface area contributed by atoms with E-state index in [1.165, 1.54) is 4.31 Å². The highest BCUT2D eigenvalue weighted by molar-refractivity contribution is 8.03. The van der Waals surface area contributed by atoms with Crippen LogP contribution in [0.1, 0.15) is 30.5 Å². The van der Waals surface area contributed by atoms with Crippen molar-refractivity contribution in [3.05, 3.63) is 21.1 Å². The smallest absolute Gasteiger partial charge is 0.231 e. The summed E-state index contributed by atoms with van der Waals surface area (Å²) < 4.78 is 25.7. The van der Waals surface area contributed by atoms with Crippen molar-refractivity contribution in [3.8, 4) is 0 Å². The molecule has 0 spiro atoms. The molecule has 0 radical (unpaired) electrons. The molecule has 2 saturated heterocycles. The maximum atomic E-state index is 13.0. The molecule has 1 aromatic rings. The normalized spacial score (nSPS) is 24.2. The Kier molecular flexibility index (Phi) is 5.87. The predicted octanol–water partition coefficient (Wildman–Crippen LogP) is 2.39. The second kappa shape index (κ2) is 7.77. The Bertz CT molecular complexity index is 773. The molecular weight excluding hydrogens is 378 g/mol. The number of rotatable bonds is 4. The van der Waals surface area contributed by atoms with Crippen molar-refractivity contribution in [2.24, 2.45) is 5.92 Å². The first-order chi connectivity index (χ1) is 11.9. The summed E-state index contributed by atoms with van der Waals surface area (Å²) in [6, 6.07) is 0. The summed E-state index contributed by atoms with van der Waals surface area (Å²) in [4.78, 5) is 19.3. The van der Waals surface area contributed by atoms with E-state index >= 15 is 0 Å². The zero-order valence-electron chi connectivity index (χ0n) is 14.5. The van der Waals surface area contributed by atoms with Crippen LogP contribution in [0.2, 0.25) is 0 Å². The number of hydrogen-bond donors (Lipinski definition) is 0. The Hall–Kier alpha value is -0.900. The third-order valence-electron chi connectivity index (χ3n) is 4.50. The molecule has 1 atom stereocenters. The number of piperidine rings is 1. The van der Waals surface area contributed by atoms with Crippen LogP contribution < -0.4 is 0 Å². The Morgan fingerprint density at radius 1 is 1.44 bits per heavy atom. The minimum Gasteiger partial charge on any atom is -0.306 e. The van der Waals surface area contributed by atoms with Crippen LogP contribution in [0.5, 0.6) is 0 Å². The molecule has 3 rings (SSSR count). The second-order valence-electron chi connectivity index (χ2n) is 6.21. The predicted molar refractivity (Wildman–Crippen MR) is 103 cm³/mol. The van der Waals surface area contributed by atoms with Crippen molar-refractivity contribution in [3.63, 3.8) is 0 Å². The fourth-order valence-corrected chi connectivity index (χ4v) is 5.91. The molecule has 0 unspecified atom stereocenters. The van der Waals surface area contributed by atoms with E-state index in [2.05, 4.69) is 4.98 Å². The third kappa shape index (κ3) is 4.27. The second-order valence-corrected chi connectivity index (χ2v) is 10.6. The third-order valence-corrected chi connectivity index (χ3v) is 8.16. The molecule has 138 valence electrons. The molecular formula is C16H23N3O3S3. The first-order valence-corrected chi connectivity index (χ1v) is 11.9. The molecule has 3 heterocycles. The molecule has 6 nitrogen and oxygen atoms in total. The number of carbonyl (C=O) groups excluding carboxylic acids is 1. The first-order valence-electron chi connectivity index (χ1n) is 8.46. The lowest BCUT2D eigenvalue weighted by Crippen LogP contribution is -2.46. The van der Waals surface area contributed by atoms with E-state index in [-0.39, 0.29) is 17.6 Å². The van der Waals surface area contributed by atoms with Gasteiger partial charge in [0.25, 0.3) is 0 Å². The topological polar surface area (TPSA) is 70.6 Å². The summed E-state index contributed by atoms with van der Waals surface area (Å²) in [5.74, 6) is 0.736. The number of nitrogens with zero attached hydrogens (tertiary/aromatic N) is 3. The van der Waals surface area contributed by atoms with Crippen LogP contribution in [0.15, 0.2) is 10.4 Å². The number of sulfonamides is 1. The maximum Gasteiger partial charge on any atom is 0.231 e. The number of hydrogen-bond acceptors (Lipinski definition) is 6. The molecule has 1 amide bonds. The minimum atomic E-state index is -3.24. The maximum absolute atomic E-state index is 13.0. The van der Waals surface area contributed by atoms with E-state index in [0.717, 1.165) is 34.3 Å². The molecule has 2 aliphatic heterocycles. The fraction of sp³-hybridized carbons (Fsp3) is 0.625. The highest BCUT2D eigenvalue weighted by atomic mass is 32.2. The van der Waals surface area contributed by atoms with Crippen molar-refractivity contribution in [2.45, 2.75) is 26.7 Å². The molecule has 25 heavy (non-hydrogen) atoms. The van der Waals surface area contributed by atoms with Gasteiger partial charge < -0.3 is 4.90 Å². The Balaban J connectivity index is 1.74. The number of thiazole rings is 1. The van der Waals surface area contributed by atoms with E-state index in [9.17, 15) is 13.2 Å². The van der Waals surface area contributed by atoms with E-state index in [1.807, 2.05) is 23.3 Å². The summed E-state index contributed by atoms with van der Waals surface area (Å²) in [5.41, 5.74) is 0.878. The van der Waals surface area contributed by atoms with Gasteiger partial charge >= 0.3 is 0 Å². The molecule has 0 saturated carbocycles. The molecule has 0 aliphatic carbocycles. The van der Waals surface area contributed by atoms with E-state index in [1.54, 1.807) is 30.0 Å². The van der Waals surface area contributed by atoms with E-state index < -0.39 is 10.0 Å². The van der Waals surface area contributed by atoms with Gasteiger partial charge in [-0.1, -0.05) is 0 Å². The lowest BCUT2D eigenvalue weighted by molar-refractivity contribution is -0.133. The highest BCUT2D eigenvalue weighted by Gasteiger charge is 2.36. The summed E-state index contributed by atoms with van der Waals surface area (Å²) in [6.45, 7) is 5.11. The standard InChI is InChI=1S/C16H23N3O3S3/c1-3-25(21,22)18-6-4-5-13(10-18)16(20)19-7-8-23-15(19)9-14-11-24-12(2)17-14/h9,11,13H,3-8,10H2,1-2H3/b15-9+/t13-/m1/s1. The number of amides is 1. The van der Waals surface area contributed by atoms with Gasteiger partial charge in [0.05, 0.1) is 27.4 Å². The van der Waals surface area contributed by atoms with Crippen LogP contribution in [0.4, 0.5) is 0 Å². The van der Waals surface area contributed by atoms with Crippen molar-refractivity contribution in [2.75, 3.05) is 31.1 Å². The van der Waals surface area contributed by atoms with Crippen LogP contribution in [0.3, 0.4) is 0 Å². The minimum absolute atomic E-state index is 0.0409. The molecule has 2 aliphatic rings. The summed E-state index contributed by atoms with van der Waals surface area (Å²) in [6.07, 6.45) is 3.45. The SMILES string of the molecule is CCS(=O)(=O)N1CCC[C@@H](C(=O)N2CCS/C2=C/c2csc(C)n2)C1. The lowest BCUT2D eigenvalue weighted by Gasteiger charge is -2.33. The van der Waals surface area contributed by atoms with Crippen molar-refractivity contribution < 1.29 is 13.2 Å². The fourth-order valence-electron chi connectivity index (χ4n) is 3.14. The van der Waals surface area contributed by atoms with E-state index in [4.69, 9.17) is 0 Å². The number of aromatic nitrogens is 1. The molecule has 1 aromatic heterocycles. The zero-order valence-corrected chi connectivity index (χ0v) is 16.9. The number of aryl methyl sites for hydroxylation is 1. The van der Waals surface area contributed by atoms with Gasteiger partial charge in [0, 0.05) is 30.8 Å². The average molecular weight is 402 g/mol. The van der Waals surface area contributed by atoms with Crippen LogP contribution in [0, 0.1) is 12.8 Å². The van der Waals surface area contributed by atoms with Gasteiger partial charge in [-0.05, 0) is 32.8 Å². The van der Waals surface area contributed by atoms with Crippen LogP contribution in [-0.4, -0.2) is 59.7 Å². The first kappa shape index (κ1) is 18.9. The van der Waals surface area contributed by atoms with E-state index in [0.29, 0.717) is 19.6 Å². The van der Waals surface area contributed by atoms with Gasteiger partial charge in [-0.25, -0.2) is 17.7 Å². The number of thioether (sulfide) groups is 1. The Morgan fingerprint density at radius 2 is 2.24 bits per heavy atom. The highest BCUT2D eigenvalue weighted by Crippen LogP contribution is 2.33. The van der Waals surface area contributed by atoms with Crippen molar-refractivity contribution >= 4 is 45.1 Å². The van der Waals surface area contributed by atoms with Crippen LogP contribution in [-0.2, 0) is 14.8 Å². The molecule has 0 bridgehead atoms. The van der Waals surface area contributed by atoms with Gasteiger partial charge in [-0.2, -0.15) is 0 Å². The van der Waals surface area contributed by atoms with Crippen LogP contribution >= 0.6 is 23.1 Å². The molecule has 2 fully saturated rings. The molecule has 0 N–H and O–H groups in total. The van der Waals surface area contributed by atoms with Crippen molar-refractivity contribution in [1.29, 1.82) is 0 Å². The quantitative estimate of drug-likeness (QED) is 0.775. The van der Waals surface area contributed by atoms with Gasteiger partial charge in [0.2, 0.25) is 15.9 Å².